The molecule has 100 valence electrons. The summed E-state index contributed by atoms with van der Waals surface area (Å²) in [6.07, 6.45) is 1.83. The van der Waals surface area contributed by atoms with Crippen LogP contribution in [0.3, 0.4) is 0 Å². The molecule has 0 aliphatic carbocycles. The van der Waals surface area contributed by atoms with Gasteiger partial charge in [-0.2, -0.15) is 0 Å². The molecule has 0 saturated heterocycles. The monoisotopic (exact) mass is 441 g/mol. The van der Waals surface area contributed by atoms with Crippen LogP contribution in [0.15, 0.2) is 53.1 Å². The molecule has 0 saturated carbocycles. The van der Waals surface area contributed by atoms with Gasteiger partial charge in [0.25, 0.3) is 0 Å². The first kappa shape index (κ1) is 13.6. The van der Waals surface area contributed by atoms with E-state index in [-0.39, 0.29) is 5.69 Å². The van der Waals surface area contributed by atoms with Crippen LogP contribution in [0, 0.1) is 3.57 Å². The lowest BCUT2D eigenvalue weighted by Gasteiger charge is -2.11. The SMILES string of the molecule is O=C(O)c1cc(I)cn1-c1ccc(Br)c2ccccc12. The lowest BCUT2D eigenvalue weighted by atomic mass is 10.1. The van der Waals surface area contributed by atoms with Crippen molar-refractivity contribution in [3.05, 3.63) is 62.4 Å². The van der Waals surface area contributed by atoms with Gasteiger partial charge in [-0.1, -0.05) is 40.2 Å². The fraction of sp³-hybridized carbons (Fsp3) is 0. The zero-order chi connectivity index (χ0) is 14.3. The molecule has 0 atom stereocenters. The van der Waals surface area contributed by atoms with Gasteiger partial charge < -0.3 is 9.67 Å². The largest absolute Gasteiger partial charge is 0.477 e. The Morgan fingerprint density at radius 3 is 2.55 bits per heavy atom. The quantitative estimate of drug-likeness (QED) is 0.586. The number of hydrogen-bond acceptors (Lipinski definition) is 1. The van der Waals surface area contributed by atoms with Crippen molar-refractivity contribution in [3.8, 4) is 5.69 Å². The first-order valence-electron chi connectivity index (χ1n) is 5.87. The summed E-state index contributed by atoms with van der Waals surface area (Å²) in [6.45, 7) is 0. The van der Waals surface area contributed by atoms with Crippen molar-refractivity contribution in [1.82, 2.24) is 4.57 Å². The highest BCUT2D eigenvalue weighted by molar-refractivity contribution is 14.1. The molecule has 0 unspecified atom stereocenters. The fourth-order valence-electron chi connectivity index (χ4n) is 2.25. The molecule has 2 aromatic carbocycles. The van der Waals surface area contributed by atoms with Gasteiger partial charge in [-0.05, 0) is 46.2 Å². The van der Waals surface area contributed by atoms with Gasteiger partial charge >= 0.3 is 5.97 Å². The number of carboxylic acids is 1. The number of benzene rings is 2. The van der Waals surface area contributed by atoms with Crippen LogP contribution in [0.4, 0.5) is 0 Å². The van der Waals surface area contributed by atoms with Crippen LogP contribution in [0.5, 0.6) is 0 Å². The van der Waals surface area contributed by atoms with Crippen molar-refractivity contribution in [1.29, 1.82) is 0 Å². The summed E-state index contributed by atoms with van der Waals surface area (Å²) < 4.78 is 3.61. The van der Waals surface area contributed by atoms with E-state index in [1.165, 1.54) is 0 Å². The van der Waals surface area contributed by atoms with E-state index >= 15 is 0 Å². The van der Waals surface area contributed by atoms with Crippen molar-refractivity contribution >= 4 is 55.3 Å². The summed E-state index contributed by atoms with van der Waals surface area (Å²) in [4.78, 5) is 11.4. The van der Waals surface area contributed by atoms with E-state index in [0.717, 1.165) is 24.5 Å². The standard InChI is InChI=1S/C15H9BrINO2/c16-12-5-6-13(11-4-2-1-3-10(11)12)18-8-9(17)7-14(18)15(19)20/h1-8H,(H,19,20). The van der Waals surface area contributed by atoms with Crippen molar-refractivity contribution in [2.24, 2.45) is 0 Å². The Balaban J connectivity index is 2.36. The van der Waals surface area contributed by atoms with E-state index < -0.39 is 5.97 Å². The van der Waals surface area contributed by atoms with Gasteiger partial charge in [-0.3, -0.25) is 0 Å². The summed E-state index contributed by atoms with van der Waals surface area (Å²) in [5, 5.41) is 11.4. The average Bonchev–Trinajstić information content (AvgIpc) is 2.82. The normalized spacial score (nSPS) is 10.9. The molecule has 3 aromatic rings. The number of nitrogens with zero attached hydrogens (tertiary/aromatic N) is 1. The number of carboxylic acid groups (broad SMARTS) is 1. The zero-order valence-electron chi connectivity index (χ0n) is 10.2. The summed E-state index contributed by atoms with van der Waals surface area (Å²) in [6, 6.07) is 13.5. The number of halogens is 2. The van der Waals surface area contributed by atoms with Crippen molar-refractivity contribution in [3.63, 3.8) is 0 Å². The van der Waals surface area contributed by atoms with Gasteiger partial charge in [0.2, 0.25) is 0 Å². The average molecular weight is 442 g/mol. The molecule has 0 aliphatic rings. The molecule has 0 fully saturated rings. The number of aromatic carboxylic acids is 1. The molecule has 0 amide bonds. The third kappa shape index (κ3) is 2.25. The van der Waals surface area contributed by atoms with Crippen molar-refractivity contribution in [2.75, 3.05) is 0 Å². The second-order valence-electron chi connectivity index (χ2n) is 4.33. The van der Waals surface area contributed by atoms with Gasteiger partial charge in [0.15, 0.2) is 0 Å². The minimum absolute atomic E-state index is 0.266. The van der Waals surface area contributed by atoms with E-state index in [4.69, 9.17) is 0 Å². The number of aromatic nitrogens is 1. The fourth-order valence-corrected chi connectivity index (χ4v) is 3.30. The second-order valence-corrected chi connectivity index (χ2v) is 6.43. The lowest BCUT2D eigenvalue weighted by molar-refractivity contribution is 0.0688. The maximum absolute atomic E-state index is 11.4. The number of rotatable bonds is 2. The predicted octanol–water partition coefficient (Wildman–Crippen LogP) is 4.70. The highest BCUT2D eigenvalue weighted by Crippen LogP contribution is 2.30. The molecular weight excluding hydrogens is 433 g/mol. The Hall–Kier alpha value is -1.34. The van der Waals surface area contributed by atoms with Gasteiger partial charge in [0.05, 0.1) is 5.69 Å². The van der Waals surface area contributed by atoms with Crippen LogP contribution >= 0.6 is 38.5 Å². The van der Waals surface area contributed by atoms with Gasteiger partial charge in [0.1, 0.15) is 5.69 Å². The first-order valence-corrected chi connectivity index (χ1v) is 7.74. The predicted molar refractivity (Wildman–Crippen MR) is 90.7 cm³/mol. The van der Waals surface area contributed by atoms with Crippen molar-refractivity contribution < 1.29 is 9.90 Å². The molecule has 20 heavy (non-hydrogen) atoms. The Morgan fingerprint density at radius 1 is 1.15 bits per heavy atom. The van der Waals surface area contributed by atoms with Crippen LogP contribution in [0.25, 0.3) is 16.5 Å². The maximum Gasteiger partial charge on any atom is 0.352 e. The van der Waals surface area contributed by atoms with Crippen molar-refractivity contribution in [2.45, 2.75) is 0 Å². The molecule has 3 rings (SSSR count). The minimum Gasteiger partial charge on any atom is -0.477 e. The Labute approximate surface area is 137 Å². The molecule has 1 aromatic heterocycles. The first-order chi connectivity index (χ1) is 9.58. The topological polar surface area (TPSA) is 42.2 Å². The highest BCUT2D eigenvalue weighted by Gasteiger charge is 2.15. The second kappa shape index (κ2) is 5.21. The molecule has 0 spiro atoms. The summed E-state index contributed by atoms with van der Waals surface area (Å²) in [5.41, 5.74) is 1.13. The van der Waals surface area contributed by atoms with Gasteiger partial charge in [0, 0.05) is 19.6 Å². The van der Waals surface area contributed by atoms with E-state index in [2.05, 4.69) is 38.5 Å². The maximum atomic E-state index is 11.4. The van der Waals surface area contributed by atoms with E-state index in [1.807, 2.05) is 42.6 Å². The lowest BCUT2D eigenvalue weighted by Crippen LogP contribution is -2.06. The summed E-state index contributed by atoms with van der Waals surface area (Å²) in [5.74, 6) is -0.931. The van der Waals surface area contributed by atoms with E-state index in [9.17, 15) is 9.90 Å². The molecule has 0 bridgehead atoms. The molecule has 1 heterocycles. The molecule has 0 aliphatic heterocycles. The number of carbonyl (C=O) groups is 1. The van der Waals surface area contributed by atoms with Crippen LogP contribution in [0.1, 0.15) is 10.5 Å². The summed E-state index contributed by atoms with van der Waals surface area (Å²) >= 11 is 5.65. The summed E-state index contributed by atoms with van der Waals surface area (Å²) in [7, 11) is 0. The Morgan fingerprint density at radius 2 is 1.85 bits per heavy atom. The third-order valence-electron chi connectivity index (χ3n) is 3.11. The molecule has 0 radical (unpaired) electrons. The molecular formula is C15H9BrINO2. The number of fused-ring (bicyclic) bond motifs is 1. The van der Waals surface area contributed by atoms with E-state index in [1.54, 1.807) is 10.6 Å². The molecule has 3 nitrogen and oxygen atoms in total. The number of hydrogen-bond donors (Lipinski definition) is 1. The van der Waals surface area contributed by atoms with Gasteiger partial charge in [-0.25, -0.2) is 4.79 Å². The van der Waals surface area contributed by atoms with Crippen LogP contribution in [-0.4, -0.2) is 15.6 Å². The van der Waals surface area contributed by atoms with Crippen LogP contribution in [-0.2, 0) is 0 Å². The Bertz CT molecular complexity index is 826. The van der Waals surface area contributed by atoms with Crippen LogP contribution in [0.2, 0.25) is 0 Å². The van der Waals surface area contributed by atoms with Gasteiger partial charge in [-0.15, -0.1) is 0 Å². The van der Waals surface area contributed by atoms with E-state index in [0.29, 0.717) is 0 Å². The van der Waals surface area contributed by atoms with Crippen LogP contribution < -0.4 is 0 Å². The smallest absolute Gasteiger partial charge is 0.352 e. The minimum atomic E-state index is -0.931. The molecule has 5 heteroatoms. The zero-order valence-corrected chi connectivity index (χ0v) is 13.9. The Kier molecular flexibility index (Phi) is 3.55. The highest BCUT2D eigenvalue weighted by atomic mass is 127. The third-order valence-corrected chi connectivity index (χ3v) is 4.39. The molecule has 1 N–H and O–H groups in total.